The van der Waals surface area contributed by atoms with Gasteiger partial charge in [-0.3, -0.25) is 0 Å². The zero-order valence-corrected chi connectivity index (χ0v) is 7.43. The van der Waals surface area contributed by atoms with Crippen molar-refractivity contribution < 1.29 is 43.9 Å². The Hall–Kier alpha value is -0.635. The minimum atomic E-state index is -6.84. The van der Waals surface area contributed by atoms with E-state index in [1.54, 1.807) is 0 Å². The molecule has 1 fully saturated rings. The van der Waals surface area contributed by atoms with Crippen molar-refractivity contribution in [2.75, 3.05) is 0 Å². The molecule has 0 aromatic rings. The molecule has 0 bridgehead atoms. The van der Waals surface area contributed by atoms with Crippen molar-refractivity contribution in [3.05, 3.63) is 0 Å². The summed E-state index contributed by atoms with van der Waals surface area (Å²) in [5, 5.41) is 0. The van der Waals surface area contributed by atoms with Crippen LogP contribution in [0, 0.1) is 0 Å². The Morgan fingerprint density at radius 2 is 1.00 bits per heavy atom. The highest BCUT2D eigenvalue weighted by molar-refractivity contribution is 6.16. The Labute approximate surface area is 88.4 Å². The van der Waals surface area contributed by atoms with Crippen LogP contribution in [0.4, 0.5) is 43.9 Å². The average Bonchev–Trinajstić information content (AvgIpc) is 2.13. The molecule has 2 radical (unpaired) electrons. The Bertz CT molecular complexity index is 304. The molecule has 1 aliphatic rings. The molecule has 1 aliphatic carbocycles. The fourth-order valence-corrected chi connectivity index (χ4v) is 1.23. The van der Waals surface area contributed by atoms with E-state index in [0.717, 1.165) is 0 Å². The Kier molecular flexibility index (Phi) is 2.57. The number of alkyl halides is 10. The monoisotopic (exact) mass is 274 g/mol. The van der Waals surface area contributed by atoms with Crippen LogP contribution in [0.15, 0.2) is 0 Å². The Morgan fingerprint density at radius 1 is 0.647 bits per heavy atom. The van der Waals surface area contributed by atoms with Gasteiger partial charge in [-0.1, -0.05) is 0 Å². The van der Waals surface area contributed by atoms with Crippen LogP contribution in [0.1, 0.15) is 0 Å². The van der Waals surface area contributed by atoms with Gasteiger partial charge in [-0.05, 0) is 0 Å². The summed E-state index contributed by atoms with van der Waals surface area (Å²) in [6.45, 7) is 0. The lowest BCUT2D eigenvalue weighted by Gasteiger charge is -2.49. The largest absolute Gasteiger partial charge is 0.381 e. The zero-order chi connectivity index (χ0) is 14.1. The van der Waals surface area contributed by atoms with Gasteiger partial charge in [0.2, 0.25) is 6.17 Å². The summed E-state index contributed by atoms with van der Waals surface area (Å²) in [7, 11) is 3.69. The highest BCUT2D eigenvalue weighted by Gasteiger charge is 2.93. The van der Waals surface area contributed by atoms with Crippen LogP contribution >= 0.6 is 0 Å². The Morgan fingerprint density at radius 3 is 1.35 bits per heavy atom. The SMILES string of the molecule is [B]C1(F)C(F)C(F)(F)C(F)(F)C(F)(F)C1(F)F. The van der Waals surface area contributed by atoms with Crippen molar-refractivity contribution in [2.45, 2.75) is 35.4 Å². The third-order valence-electron chi connectivity index (χ3n) is 2.38. The molecule has 0 aromatic heterocycles. The normalized spacial score (nSPS) is 42.1. The molecule has 0 amide bonds. The number of halogens is 10. The molecule has 0 aromatic carbocycles. The predicted molar refractivity (Wildman–Crippen MR) is 34.3 cm³/mol. The van der Waals surface area contributed by atoms with Gasteiger partial charge in [0.15, 0.2) is 5.57 Å². The van der Waals surface area contributed by atoms with Crippen molar-refractivity contribution in [3.8, 4) is 0 Å². The van der Waals surface area contributed by atoms with Gasteiger partial charge in [0.25, 0.3) is 0 Å². The molecule has 2 unspecified atom stereocenters. The molecule has 98 valence electrons. The second-order valence-electron chi connectivity index (χ2n) is 3.48. The first-order valence-electron chi connectivity index (χ1n) is 3.79. The first kappa shape index (κ1) is 14.4. The van der Waals surface area contributed by atoms with Crippen molar-refractivity contribution >= 4 is 7.85 Å². The summed E-state index contributed by atoms with van der Waals surface area (Å²) in [5.41, 5.74) is -5.62. The summed E-state index contributed by atoms with van der Waals surface area (Å²) >= 11 is 0. The van der Waals surface area contributed by atoms with Crippen LogP contribution in [0.5, 0.6) is 0 Å². The van der Waals surface area contributed by atoms with E-state index in [2.05, 4.69) is 7.85 Å². The minimum Gasteiger partial charge on any atom is -0.245 e. The van der Waals surface area contributed by atoms with Gasteiger partial charge in [0, 0.05) is 0 Å². The van der Waals surface area contributed by atoms with E-state index in [-0.39, 0.29) is 0 Å². The van der Waals surface area contributed by atoms with Gasteiger partial charge in [0.05, 0.1) is 0 Å². The van der Waals surface area contributed by atoms with Gasteiger partial charge in [-0.15, -0.1) is 0 Å². The van der Waals surface area contributed by atoms with E-state index in [0.29, 0.717) is 0 Å². The number of hydrogen-bond acceptors (Lipinski definition) is 0. The van der Waals surface area contributed by atoms with Crippen LogP contribution in [0.2, 0.25) is 0 Å². The first-order valence-corrected chi connectivity index (χ1v) is 3.79. The van der Waals surface area contributed by atoms with Crippen LogP contribution < -0.4 is 0 Å². The summed E-state index contributed by atoms with van der Waals surface area (Å²) in [4.78, 5) is 0. The summed E-state index contributed by atoms with van der Waals surface area (Å²) < 4.78 is 125. The van der Waals surface area contributed by atoms with E-state index < -0.39 is 35.4 Å². The van der Waals surface area contributed by atoms with Crippen LogP contribution in [-0.4, -0.2) is 43.3 Å². The van der Waals surface area contributed by atoms with E-state index in [1.807, 2.05) is 0 Å². The fourth-order valence-electron chi connectivity index (χ4n) is 1.23. The van der Waals surface area contributed by atoms with E-state index in [4.69, 9.17) is 0 Å². The zero-order valence-electron chi connectivity index (χ0n) is 7.43. The number of hydrogen-bond donors (Lipinski definition) is 0. The van der Waals surface area contributed by atoms with Crippen molar-refractivity contribution in [1.29, 1.82) is 0 Å². The molecule has 0 saturated heterocycles. The highest BCUT2D eigenvalue weighted by Crippen LogP contribution is 2.63. The van der Waals surface area contributed by atoms with Gasteiger partial charge >= 0.3 is 23.7 Å². The van der Waals surface area contributed by atoms with Gasteiger partial charge < -0.3 is 0 Å². The first-order chi connectivity index (χ1) is 7.15. The molecule has 1 rings (SSSR count). The third kappa shape index (κ3) is 1.22. The molecule has 1 saturated carbocycles. The second-order valence-corrected chi connectivity index (χ2v) is 3.48. The third-order valence-corrected chi connectivity index (χ3v) is 2.38. The maximum atomic E-state index is 12.7. The average molecular weight is 274 g/mol. The van der Waals surface area contributed by atoms with E-state index in [1.165, 1.54) is 0 Å². The van der Waals surface area contributed by atoms with Crippen LogP contribution in [-0.2, 0) is 0 Å². The lowest BCUT2D eigenvalue weighted by molar-refractivity contribution is -0.429. The molecule has 0 N–H and O–H groups in total. The number of rotatable bonds is 0. The van der Waals surface area contributed by atoms with Gasteiger partial charge in [-0.25, -0.2) is 8.78 Å². The maximum Gasteiger partial charge on any atom is 0.381 e. The van der Waals surface area contributed by atoms with Crippen LogP contribution in [0.25, 0.3) is 0 Å². The van der Waals surface area contributed by atoms with E-state index in [9.17, 15) is 43.9 Å². The summed E-state index contributed by atoms with van der Waals surface area (Å²) in [5.74, 6) is -26.5. The lowest BCUT2D eigenvalue weighted by Crippen LogP contribution is -2.80. The smallest absolute Gasteiger partial charge is 0.245 e. The lowest BCUT2D eigenvalue weighted by atomic mass is 9.64. The molecular formula is C6HBF10. The summed E-state index contributed by atoms with van der Waals surface area (Å²) in [6.07, 6.45) is -4.99. The topological polar surface area (TPSA) is 0 Å². The van der Waals surface area contributed by atoms with Gasteiger partial charge in [0.1, 0.15) is 7.85 Å². The molecule has 0 spiro atoms. The molecule has 2 atom stereocenters. The van der Waals surface area contributed by atoms with Crippen molar-refractivity contribution in [2.24, 2.45) is 0 Å². The second kappa shape index (κ2) is 3.03. The minimum absolute atomic E-state index is 3.69. The predicted octanol–water partition coefficient (Wildman–Crippen LogP) is 2.71. The molecule has 17 heavy (non-hydrogen) atoms. The van der Waals surface area contributed by atoms with Gasteiger partial charge in [-0.2, -0.15) is 35.1 Å². The molecule has 0 nitrogen and oxygen atoms in total. The van der Waals surface area contributed by atoms with Crippen molar-refractivity contribution in [1.82, 2.24) is 0 Å². The standard InChI is InChI=1S/C6HBF10/c7-2(9)1(8)3(10,11)5(14,15)6(16,17)4(2,12)13/h1H. The molecule has 11 heteroatoms. The van der Waals surface area contributed by atoms with Crippen LogP contribution in [0.3, 0.4) is 0 Å². The summed E-state index contributed by atoms with van der Waals surface area (Å²) in [6, 6.07) is 0. The molecule has 0 heterocycles. The van der Waals surface area contributed by atoms with Crippen molar-refractivity contribution in [3.63, 3.8) is 0 Å². The quantitative estimate of drug-likeness (QED) is 0.470. The molecular weight excluding hydrogens is 273 g/mol. The Balaban J connectivity index is 3.56. The highest BCUT2D eigenvalue weighted by atomic mass is 19.4. The maximum absolute atomic E-state index is 12.7. The fraction of sp³-hybridized carbons (Fsp3) is 1.00. The van der Waals surface area contributed by atoms with E-state index >= 15 is 0 Å². The molecule has 0 aliphatic heterocycles.